The molecule has 3 aromatic heterocycles. The quantitative estimate of drug-likeness (QED) is 0.0171. The Morgan fingerprint density at radius 1 is 0.484 bits per heavy atom. The summed E-state index contributed by atoms with van der Waals surface area (Å²) in [5.41, 5.74) is 3.78. The lowest BCUT2D eigenvalue weighted by Crippen LogP contribution is -2.30. The molecule has 0 saturated carbocycles. The second-order valence-corrected chi connectivity index (χ2v) is 17.5. The van der Waals surface area contributed by atoms with E-state index in [-0.39, 0.29) is 52.0 Å². The predicted molar refractivity (Wildman–Crippen MR) is 320 cm³/mol. The van der Waals surface area contributed by atoms with E-state index in [0.717, 1.165) is 5.56 Å². The molecule has 1 aliphatic rings. The molecular weight excluding hydrogens is 1180 g/mol. The molecule has 8 aromatic rings. The number of rotatable bonds is 20. The van der Waals surface area contributed by atoms with Gasteiger partial charge < -0.3 is 61.6 Å². The highest BCUT2D eigenvalue weighted by atomic mass is 16.7. The maximum absolute atomic E-state index is 12.3. The predicted octanol–water partition coefficient (Wildman–Crippen LogP) is 10.0. The number of hydrogen-bond donors (Lipinski definition) is 0. The van der Waals surface area contributed by atoms with Gasteiger partial charge in [-0.2, -0.15) is 15.8 Å². The van der Waals surface area contributed by atoms with Crippen LogP contribution in [0.5, 0.6) is 52.3 Å². The van der Waals surface area contributed by atoms with E-state index in [2.05, 4.69) is 36.0 Å². The Labute approximate surface area is 521 Å². The van der Waals surface area contributed by atoms with E-state index in [9.17, 15) is 24.4 Å². The van der Waals surface area contributed by atoms with Gasteiger partial charge in [-0.15, -0.1) is 0 Å². The Bertz CT molecular complexity index is 4060. The van der Waals surface area contributed by atoms with E-state index < -0.39 is 30.1 Å². The van der Waals surface area contributed by atoms with Crippen LogP contribution in [0.25, 0.3) is 16.7 Å². The summed E-state index contributed by atoms with van der Waals surface area (Å²) in [4.78, 5) is 71.2. The largest absolute Gasteiger partial charge is 0.503 e. The average Bonchev–Trinajstić information content (AvgIpc) is 2.10. The third kappa shape index (κ3) is 18.7. The number of aromatic nitrogens is 6. The van der Waals surface area contributed by atoms with Crippen LogP contribution in [0.15, 0.2) is 177 Å². The van der Waals surface area contributed by atoms with E-state index in [4.69, 9.17) is 72.1 Å². The van der Waals surface area contributed by atoms with Gasteiger partial charge in [-0.25, -0.2) is 44.3 Å². The molecule has 0 saturated heterocycles. The number of methoxy groups -OCH3 is 8. The molecule has 0 N–H and O–H groups in total. The van der Waals surface area contributed by atoms with E-state index >= 15 is 0 Å². The molecule has 1 atom stereocenters. The van der Waals surface area contributed by atoms with Crippen LogP contribution in [0.3, 0.4) is 0 Å². The fraction of sp³-hybridized carbons (Fsp3) is 0.154. The molecule has 0 bridgehead atoms. The number of benzene rings is 5. The monoisotopic (exact) mass is 1230 g/mol. The van der Waals surface area contributed by atoms with E-state index in [1.807, 2.05) is 30.3 Å². The third-order valence-electron chi connectivity index (χ3n) is 11.9. The van der Waals surface area contributed by atoms with Crippen molar-refractivity contribution < 1.29 is 80.8 Å². The number of nitrogens with zero attached hydrogens (tertiary/aromatic N) is 9. The number of fused-ring (bicyclic) bond motifs is 1. The minimum absolute atomic E-state index is 0.165. The first-order chi connectivity index (χ1) is 44.3. The Balaban J connectivity index is 0.000000199. The van der Waals surface area contributed by atoms with Crippen LogP contribution in [0.2, 0.25) is 0 Å². The summed E-state index contributed by atoms with van der Waals surface area (Å²) in [5.74, 6) is -0.129. The summed E-state index contributed by atoms with van der Waals surface area (Å²) in [6, 6.07) is 44.8. The highest BCUT2D eigenvalue weighted by Gasteiger charge is 2.34. The number of ether oxygens (including phenoxy) is 13. The van der Waals surface area contributed by atoms with Gasteiger partial charge in [-0.3, -0.25) is 4.79 Å². The van der Waals surface area contributed by atoms with Gasteiger partial charge in [-0.05, 0) is 36.4 Å². The van der Waals surface area contributed by atoms with Gasteiger partial charge in [0.25, 0.3) is 0 Å². The number of nitriles is 3. The number of para-hydroxylation sites is 5. The van der Waals surface area contributed by atoms with Crippen molar-refractivity contribution in [2.24, 2.45) is 0 Å². The molecule has 462 valence electrons. The third-order valence-corrected chi connectivity index (χ3v) is 11.9. The van der Waals surface area contributed by atoms with Crippen molar-refractivity contribution in [3.8, 4) is 70.5 Å². The van der Waals surface area contributed by atoms with Gasteiger partial charge in [0, 0.05) is 48.6 Å². The summed E-state index contributed by atoms with van der Waals surface area (Å²) in [5, 5.41) is 27.0. The van der Waals surface area contributed by atoms with E-state index in [0.29, 0.717) is 56.6 Å². The number of carbonyl (C=O) groups is 4. The molecule has 0 fully saturated rings. The minimum Gasteiger partial charge on any atom is -0.503 e. The first kappa shape index (κ1) is 67.6. The second-order valence-electron chi connectivity index (χ2n) is 17.5. The maximum atomic E-state index is 12.3. The molecule has 9 rings (SSSR count). The lowest BCUT2D eigenvalue weighted by Gasteiger charge is -2.24. The Hall–Kier alpha value is -12.6. The normalized spacial score (nSPS) is 11.8. The fourth-order valence-electron chi connectivity index (χ4n) is 7.88. The molecule has 4 heterocycles. The van der Waals surface area contributed by atoms with Crippen molar-refractivity contribution in [1.82, 2.24) is 29.9 Å². The molecule has 1 unspecified atom stereocenters. The van der Waals surface area contributed by atoms with Crippen molar-refractivity contribution >= 4 is 40.6 Å². The lowest BCUT2D eigenvalue weighted by atomic mass is 9.97. The minimum atomic E-state index is -0.867. The summed E-state index contributed by atoms with van der Waals surface area (Å²) in [6.45, 7) is 0. The van der Waals surface area contributed by atoms with Gasteiger partial charge in [0.15, 0.2) is 6.29 Å². The molecule has 26 heteroatoms. The maximum Gasteiger partial charge on any atom is 0.347 e. The zero-order valence-electron chi connectivity index (χ0n) is 49.9. The SMILES string of the molecule is CO/C=C(/C(=O)OC)c1ccccc1Oc1cc(C#N)ncn1.CO/C=C(/C(=O)OC)c1ccccc1Oc1cc(Oc2ccccc2C#N)ncn1.CO/C=C1\C(=O)Oc2ccccc21.COC(=O)C(c1ccccc1Oc1cc(C#N)ncn1)C(OC)OC. The molecule has 91 heavy (non-hydrogen) atoms. The second kappa shape index (κ2) is 35.2. The Morgan fingerprint density at radius 2 is 0.923 bits per heavy atom. The zero-order chi connectivity index (χ0) is 65.5. The standard InChI is InChI=1S/C22H17N3O5.C17H17N3O5.C16H13N3O4.C10H8O3/c1-27-13-17(22(26)28-2)16-8-4-6-10-19(16)30-21-11-20(24-14-25-21)29-18-9-5-3-7-15(18)12-23;1-22-16(21)15(17(23-2)24-3)12-6-4-5-7-13(12)25-14-8-11(9-18)19-10-20-14;1-21-9-13(16(20)22-2)12-5-3-4-6-14(12)23-15-7-11(8-17)18-10-19-15;1-12-6-8-7-4-2-3-5-9(7)13-10(8)11/h3-11,13-14H,1-2H3;4-8,10,15,17H,1-3H3;3-7,9-10H,1-2H3;2-6H,1H3/b17-13+;;13-9+;8-6-. The summed E-state index contributed by atoms with van der Waals surface area (Å²) in [6.07, 6.45) is 6.81. The van der Waals surface area contributed by atoms with Gasteiger partial charge >= 0.3 is 23.9 Å². The lowest BCUT2D eigenvalue weighted by molar-refractivity contribution is -0.163. The van der Waals surface area contributed by atoms with Crippen LogP contribution in [0.4, 0.5) is 0 Å². The molecular formula is C65H55N9O17. The summed E-state index contributed by atoms with van der Waals surface area (Å²) < 4.78 is 67.6. The average molecular weight is 1230 g/mol. The van der Waals surface area contributed by atoms with Gasteiger partial charge in [0.1, 0.15) is 100.0 Å². The number of esters is 4. The van der Waals surface area contributed by atoms with Crippen molar-refractivity contribution in [1.29, 1.82) is 15.8 Å². The zero-order valence-corrected chi connectivity index (χ0v) is 49.9. The molecule has 0 aliphatic carbocycles. The summed E-state index contributed by atoms with van der Waals surface area (Å²) >= 11 is 0. The molecule has 1 aliphatic heterocycles. The Morgan fingerprint density at radius 3 is 1.41 bits per heavy atom. The molecule has 5 aromatic carbocycles. The van der Waals surface area contributed by atoms with Crippen molar-refractivity contribution in [3.05, 3.63) is 216 Å². The molecule has 0 amide bonds. The van der Waals surface area contributed by atoms with Crippen LogP contribution in [0, 0.1) is 34.0 Å². The molecule has 0 spiro atoms. The van der Waals surface area contributed by atoms with E-state index in [1.54, 1.807) is 103 Å². The van der Waals surface area contributed by atoms with Crippen LogP contribution >= 0.6 is 0 Å². The smallest absolute Gasteiger partial charge is 0.347 e. The van der Waals surface area contributed by atoms with Gasteiger partial charge in [0.05, 0.1) is 73.1 Å². The highest BCUT2D eigenvalue weighted by molar-refractivity contribution is 6.21. The molecule has 0 radical (unpaired) electrons. The number of hydrogen-bond acceptors (Lipinski definition) is 26. The number of carbonyl (C=O) groups excluding carboxylic acids is 4. The Kier molecular flexibility index (Phi) is 26.1. The summed E-state index contributed by atoms with van der Waals surface area (Å²) in [7, 11) is 11.1. The van der Waals surface area contributed by atoms with Gasteiger partial charge in [0.2, 0.25) is 23.5 Å². The van der Waals surface area contributed by atoms with Crippen molar-refractivity contribution in [2.75, 3.05) is 56.9 Å². The van der Waals surface area contributed by atoms with Crippen LogP contribution in [-0.4, -0.2) is 117 Å². The fourth-order valence-corrected chi connectivity index (χ4v) is 7.88. The van der Waals surface area contributed by atoms with Crippen molar-refractivity contribution in [3.63, 3.8) is 0 Å². The van der Waals surface area contributed by atoms with Crippen LogP contribution < -0.4 is 23.7 Å². The van der Waals surface area contributed by atoms with Crippen molar-refractivity contribution in [2.45, 2.75) is 12.2 Å². The highest BCUT2D eigenvalue weighted by Crippen LogP contribution is 2.37. The molecule has 26 nitrogen and oxygen atoms in total. The van der Waals surface area contributed by atoms with Crippen LogP contribution in [-0.2, 0) is 57.1 Å². The van der Waals surface area contributed by atoms with Crippen LogP contribution in [0.1, 0.15) is 45.1 Å². The first-order valence-corrected chi connectivity index (χ1v) is 26.4. The topological polar surface area (TPSA) is 337 Å². The first-order valence-electron chi connectivity index (χ1n) is 26.4. The van der Waals surface area contributed by atoms with Gasteiger partial charge in [-0.1, -0.05) is 84.9 Å². The van der Waals surface area contributed by atoms with E-state index in [1.165, 1.54) is 113 Å².